The van der Waals surface area contributed by atoms with E-state index in [9.17, 15) is 32.3 Å². The van der Waals surface area contributed by atoms with E-state index in [2.05, 4.69) is 5.32 Å². The molecule has 0 aromatic heterocycles. The Morgan fingerprint density at radius 2 is 1.84 bits per heavy atom. The number of esters is 1. The molecule has 1 aromatic rings. The normalized spacial score (nSPS) is 22.4. The number of carbonyl (C=O) groups is 4. The molecule has 3 N–H and O–H groups in total. The molecule has 1 aromatic carbocycles. The lowest BCUT2D eigenvalue weighted by Gasteiger charge is -2.27. The topological polar surface area (TPSA) is 122 Å². The minimum atomic E-state index is -4.61. The van der Waals surface area contributed by atoms with E-state index in [1.807, 2.05) is 0 Å². The molecule has 1 unspecified atom stereocenters. The van der Waals surface area contributed by atoms with Crippen LogP contribution in [0.1, 0.15) is 56.2 Å². The maximum atomic E-state index is 13.3. The Morgan fingerprint density at radius 3 is 2.41 bits per heavy atom. The molecule has 0 radical (unpaired) electrons. The highest BCUT2D eigenvalue weighted by atomic mass is 35.5. The monoisotopic (exact) mass is 544 g/mol. The van der Waals surface area contributed by atoms with Gasteiger partial charge in [-0.1, -0.05) is 25.4 Å². The molecule has 1 saturated heterocycles. The van der Waals surface area contributed by atoms with Crippen LogP contribution in [0.5, 0.6) is 0 Å². The summed E-state index contributed by atoms with van der Waals surface area (Å²) in [4.78, 5) is 53.2. The summed E-state index contributed by atoms with van der Waals surface area (Å²) in [6.07, 6.45) is -3.35. The molecule has 1 aliphatic carbocycles. The summed E-state index contributed by atoms with van der Waals surface area (Å²) in [6.45, 7) is 2.97. The third-order valence-electron chi connectivity index (χ3n) is 7.21. The van der Waals surface area contributed by atoms with Crippen LogP contribution in [0.4, 0.5) is 18.0 Å². The van der Waals surface area contributed by atoms with Crippen molar-refractivity contribution in [1.29, 1.82) is 0 Å². The van der Waals surface area contributed by atoms with Gasteiger partial charge in [-0.25, -0.2) is 9.69 Å². The number of fused-ring (bicyclic) bond motifs is 1. The molecule has 37 heavy (non-hydrogen) atoms. The Bertz CT molecular complexity index is 1140. The van der Waals surface area contributed by atoms with Gasteiger partial charge in [0, 0.05) is 19.5 Å². The van der Waals surface area contributed by atoms with Crippen LogP contribution in [0, 0.1) is 11.8 Å². The lowest BCUT2D eigenvalue weighted by Crippen LogP contribution is -2.50. The van der Waals surface area contributed by atoms with E-state index in [0.717, 1.165) is 11.0 Å². The summed E-state index contributed by atoms with van der Waals surface area (Å²) in [5.41, 5.74) is 4.38. The zero-order valence-electron chi connectivity index (χ0n) is 20.4. The number of halogens is 4. The third-order valence-corrected chi connectivity index (χ3v) is 7.52. The summed E-state index contributed by atoms with van der Waals surface area (Å²) in [5.74, 6) is -2.04. The van der Waals surface area contributed by atoms with Gasteiger partial charge in [-0.2, -0.15) is 13.2 Å². The summed E-state index contributed by atoms with van der Waals surface area (Å²) in [5, 5.41) is 2.27. The number of imide groups is 1. The number of amides is 4. The lowest BCUT2D eigenvalue weighted by molar-refractivity contribution is -0.152. The van der Waals surface area contributed by atoms with E-state index >= 15 is 0 Å². The summed E-state index contributed by atoms with van der Waals surface area (Å²) in [6, 6.07) is 0.558. The van der Waals surface area contributed by atoms with E-state index in [4.69, 9.17) is 22.1 Å². The number of nitrogens with zero attached hydrogens (tertiary/aromatic N) is 2. The fourth-order valence-corrected chi connectivity index (χ4v) is 5.06. The van der Waals surface area contributed by atoms with Crippen LogP contribution < -0.4 is 11.1 Å². The molecule has 0 spiro atoms. The number of nitrogens with one attached hydrogen (secondary N) is 1. The molecular formula is C24H28ClF3N4O5. The Labute approximate surface area is 216 Å². The van der Waals surface area contributed by atoms with Gasteiger partial charge in [-0.15, -0.1) is 0 Å². The second kappa shape index (κ2) is 9.79. The number of carbonyl (C=O) groups excluding carboxylic acids is 4. The van der Waals surface area contributed by atoms with E-state index in [0.29, 0.717) is 24.0 Å². The number of alkyl halides is 3. The average molecular weight is 545 g/mol. The van der Waals surface area contributed by atoms with Crippen LogP contribution >= 0.6 is 11.6 Å². The number of rotatable bonds is 8. The zero-order chi connectivity index (χ0) is 27.3. The molecule has 202 valence electrons. The van der Waals surface area contributed by atoms with Crippen molar-refractivity contribution in [3.63, 3.8) is 0 Å². The van der Waals surface area contributed by atoms with Crippen molar-refractivity contribution in [2.24, 2.45) is 17.6 Å². The molecule has 4 amide bonds. The fourth-order valence-electron chi connectivity index (χ4n) is 4.76. The van der Waals surface area contributed by atoms with Gasteiger partial charge in [-0.05, 0) is 54.4 Å². The SMILES string of the molecule is CC(C)C(N)C(=O)OCN1C(=O)N[C@](CCC(=O)N2Cc3cc(Cl)c(C(F)(F)F)cc3C2)(C2CC2)C1=O. The Morgan fingerprint density at radius 1 is 1.22 bits per heavy atom. The minimum absolute atomic E-state index is 0.0106. The number of urea groups is 1. The van der Waals surface area contributed by atoms with Gasteiger partial charge in [0.15, 0.2) is 6.73 Å². The zero-order valence-corrected chi connectivity index (χ0v) is 21.1. The van der Waals surface area contributed by atoms with Crippen molar-refractivity contribution in [1.82, 2.24) is 15.1 Å². The number of nitrogens with two attached hydrogens (primary N) is 1. The number of hydrogen-bond donors (Lipinski definition) is 2. The average Bonchev–Trinajstić information content (AvgIpc) is 3.54. The minimum Gasteiger partial charge on any atom is -0.442 e. The van der Waals surface area contributed by atoms with Crippen LogP contribution in [-0.4, -0.2) is 51.9 Å². The number of hydrogen-bond acceptors (Lipinski definition) is 6. The van der Waals surface area contributed by atoms with Crippen LogP contribution in [0.25, 0.3) is 0 Å². The Balaban J connectivity index is 1.40. The van der Waals surface area contributed by atoms with Crippen LogP contribution in [0.2, 0.25) is 5.02 Å². The quantitative estimate of drug-likeness (QED) is 0.383. The van der Waals surface area contributed by atoms with E-state index in [1.54, 1.807) is 13.8 Å². The first-order chi connectivity index (χ1) is 17.2. The van der Waals surface area contributed by atoms with E-state index < -0.39 is 53.0 Å². The van der Waals surface area contributed by atoms with E-state index in [1.165, 1.54) is 11.0 Å². The highest BCUT2D eigenvalue weighted by Crippen LogP contribution is 2.46. The van der Waals surface area contributed by atoms with Gasteiger partial charge in [-0.3, -0.25) is 14.4 Å². The smallest absolute Gasteiger partial charge is 0.417 e. The molecule has 2 atom stereocenters. The van der Waals surface area contributed by atoms with Crippen molar-refractivity contribution in [2.45, 2.75) is 70.4 Å². The maximum Gasteiger partial charge on any atom is 0.417 e. The molecule has 4 rings (SSSR count). The molecule has 0 bridgehead atoms. The molecule has 2 fully saturated rings. The Hall–Kier alpha value is -2.86. The van der Waals surface area contributed by atoms with Crippen LogP contribution in [0.15, 0.2) is 12.1 Å². The highest BCUT2D eigenvalue weighted by molar-refractivity contribution is 6.31. The molecule has 2 aliphatic heterocycles. The van der Waals surface area contributed by atoms with Crippen molar-refractivity contribution < 1.29 is 37.1 Å². The number of benzene rings is 1. The summed E-state index contributed by atoms with van der Waals surface area (Å²) >= 11 is 5.80. The van der Waals surface area contributed by atoms with Crippen molar-refractivity contribution in [3.05, 3.63) is 33.8 Å². The standard InChI is InChI=1S/C24H28ClF3N4O5/c1-12(2)19(29)20(34)37-11-32-21(35)23(15-3-4-15,30-22(32)36)6-5-18(33)31-9-13-7-16(24(26,27)28)17(25)8-14(13)10-31/h7-8,12,15,19H,3-6,9-11,29H2,1-2H3,(H,30,36)/t19?,23-/m1/s1. The molecular weight excluding hydrogens is 517 g/mol. The van der Waals surface area contributed by atoms with Crippen molar-refractivity contribution >= 4 is 35.4 Å². The first-order valence-electron chi connectivity index (χ1n) is 12.0. The lowest BCUT2D eigenvalue weighted by atomic mass is 9.87. The van der Waals surface area contributed by atoms with Gasteiger partial charge in [0.05, 0.1) is 10.6 Å². The fraction of sp³-hybridized carbons (Fsp3) is 0.583. The third kappa shape index (κ3) is 5.26. The van der Waals surface area contributed by atoms with Gasteiger partial charge in [0.25, 0.3) is 5.91 Å². The predicted molar refractivity (Wildman–Crippen MR) is 125 cm³/mol. The number of ether oxygens (including phenoxy) is 1. The highest BCUT2D eigenvalue weighted by Gasteiger charge is 2.59. The Kier molecular flexibility index (Phi) is 7.19. The largest absolute Gasteiger partial charge is 0.442 e. The van der Waals surface area contributed by atoms with Crippen LogP contribution in [0.3, 0.4) is 0 Å². The molecule has 9 nitrogen and oxygen atoms in total. The molecule has 1 saturated carbocycles. The van der Waals surface area contributed by atoms with E-state index in [-0.39, 0.29) is 43.7 Å². The second-order valence-electron chi connectivity index (χ2n) is 10.1. The molecule has 13 heteroatoms. The van der Waals surface area contributed by atoms with Crippen molar-refractivity contribution in [2.75, 3.05) is 6.73 Å². The van der Waals surface area contributed by atoms with Gasteiger partial charge in [0.2, 0.25) is 5.91 Å². The molecule has 2 heterocycles. The molecule has 3 aliphatic rings. The first-order valence-corrected chi connectivity index (χ1v) is 12.3. The second-order valence-corrected chi connectivity index (χ2v) is 10.5. The van der Waals surface area contributed by atoms with Crippen molar-refractivity contribution in [3.8, 4) is 0 Å². The summed E-state index contributed by atoms with van der Waals surface area (Å²) < 4.78 is 44.7. The van der Waals surface area contributed by atoms with Gasteiger partial charge >= 0.3 is 18.2 Å². The van der Waals surface area contributed by atoms with Crippen LogP contribution in [-0.2, 0) is 38.4 Å². The predicted octanol–water partition coefficient (Wildman–Crippen LogP) is 3.17. The van der Waals surface area contributed by atoms with Gasteiger partial charge < -0.3 is 20.7 Å². The van der Waals surface area contributed by atoms with Gasteiger partial charge in [0.1, 0.15) is 11.6 Å². The maximum absolute atomic E-state index is 13.3. The summed E-state index contributed by atoms with van der Waals surface area (Å²) in [7, 11) is 0. The first kappa shape index (κ1) is 27.2.